The Balaban J connectivity index is 1.30. The maximum Gasteiger partial charge on any atom is 0.240 e. The second kappa shape index (κ2) is 11.2. The molecular weight excluding hydrogens is 454 g/mol. The molecule has 0 spiro atoms. The van der Waals surface area contributed by atoms with Gasteiger partial charge in [-0.3, -0.25) is 15.0 Å². The molecule has 0 atom stereocenters. The lowest BCUT2D eigenvalue weighted by Gasteiger charge is -2.36. The van der Waals surface area contributed by atoms with E-state index in [0.717, 1.165) is 43.2 Å². The molecule has 0 unspecified atom stereocenters. The molecule has 0 aliphatic carbocycles. The van der Waals surface area contributed by atoms with Gasteiger partial charge in [0.1, 0.15) is 10.8 Å². The van der Waals surface area contributed by atoms with E-state index in [1.54, 1.807) is 14.2 Å². The van der Waals surface area contributed by atoms with Crippen molar-refractivity contribution >= 4 is 28.1 Å². The number of piperazine rings is 1. The summed E-state index contributed by atoms with van der Waals surface area (Å²) < 4.78 is 16.4. The summed E-state index contributed by atoms with van der Waals surface area (Å²) in [5.41, 5.74) is 1.95. The van der Waals surface area contributed by atoms with Crippen LogP contribution in [0.2, 0.25) is 0 Å². The monoisotopic (exact) mass is 483 g/mol. The maximum atomic E-state index is 12.6. The Bertz CT molecular complexity index is 1110. The third-order valence-electron chi connectivity index (χ3n) is 5.55. The van der Waals surface area contributed by atoms with Crippen molar-refractivity contribution in [2.45, 2.75) is 6.92 Å². The Morgan fingerprint density at radius 3 is 2.50 bits per heavy atom. The van der Waals surface area contributed by atoms with Gasteiger partial charge in [-0.2, -0.15) is 0 Å². The largest absolute Gasteiger partial charge is 0.493 e. The average molecular weight is 484 g/mol. The SMILES string of the molecule is CCOc1ccccc1N1CCN(CC(=O)Nc2nnc(-c3ccc(OC)c(OC)c3)s2)CC1. The number of anilines is 2. The fourth-order valence-electron chi connectivity index (χ4n) is 3.86. The number of methoxy groups -OCH3 is 2. The molecule has 2 aromatic carbocycles. The second-order valence-corrected chi connectivity index (χ2v) is 8.67. The van der Waals surface area contributed by atoms with Crippen LogP contribution in [0.15, 0.2) is 42.5 Å². The normalized spacial score (nSPS) is 14.0. The van der Waals surface area contributed by atoms with Gasteiger partial charge < -0.3 is 19.1 Å². The smallest absolute Gasteiger partial charge is 0.240 e. The van der Waals surface area contributed by atoms with E-state index in [4.69, 9.17) is 14.2 Å². The first-order chi connectivity index (χ1) is 16.6. The highest BCUT2D eigenvalue weighted by Gasteiger charge is 2.22. The number of nitrogens with one attached hydrogen (secondary N) is 1. The zero-order chi connectivity index (χ0) is 23.9. The van der Waals surface area contributed by atoms with Crippen LogP contribution in [0.5, 0.6) is 17.2 Å². The van der Waals surface area contributed by atoms with E-state index in [2.05, 4.69) is 31.4 Å². The molecule has 2 heterocycles. The van der Waals surface area contributed by atoms with Crippen molar-refractivity contribution in [3.05, 3.63) is 42.5 Å². The van der Waals surface area contributed by atoms with E-state index in [-0.39, 0.29) is 5.91 Å². The average Bonchev–Trinajstić information content (AvgIpc) is 3.33. The highest BCUT2D eigenvalue weighted by Crippen LogP contribution is 2.34. The van der Waals surface area contributed by atoms with Gasteiger partial charge in [0.2, 0.25) is 11.0 Å². The van der Waals surface area contributed by atoms with Crippen molar-refractivity contribution in [1.82, 2.24) is 15.1 Å². The standard InChI is InChI=1S/C24H29N5O4S/c1-4-33-19-8-6-5-7-18(19)29-13-11-28(12-14-29)16-22(30)25-24-27-26-23(34-24)17-9-10-20(31-2)21(15-17)32-3/h5-10,15H,4,11-14,16H2,1-3H3,(H,25,27,30). The Labute approximate surface area is 203 Å². The van der Waals surface area contributed by atoms with Gasteiger partial charge in [0.05, 0.1) is 33.1 Å². The minimum atomic E-state index is -0.0989. The first kappa shape index (κ1) is 23.8. The topological polar surface area (TPSA) is 89.1 Å². The molecule has 4 rings (SSSR count). The number of ether oxygens (including phenoxy) is 3. The predicted molar refractivity (Wildman–Crippen MR) is 133 cm³/mol. The number of carbonyl (C=O) groups is 1. The van der Waals surface area contributed by atoms with Gasteiger partial charge >= 0.3 is 0 Å². The van der Waals surface area contributed by atoms with Gasteiger partial charge in [0, 0.05) is 31.7 Å². The Morgan fingerprint density at radius 1 is 1.00 bits per heavy atom. The van der Waals surface area contributed by atoms with Gasteiger partial charge in [-0.25, -0.2) is 0 Å². The van der Waals surface area contributed by atoms with Crippen LogP contribution in [0, 0.1) is 0 Å². The minimum Gasteiger partial charge on any atom is -0.493 e. The zero-order valence-corrected chi connectivity index (χ0v) is 20.4. The van der Waals surface area contributed by atoms with Gasteiger partial charge in [0.25, 0.3) is 0 Å². The first-order valence-electron chi connectivity index (χ1n) is 11.2. The summed E-state index contributed by atoms with van der Waals surface area (Å²) in [6.45, 7) is 6.19. The lowest BCUT2D eigenvalue weighted by Crippen LogP contribution is -2.48. The summed E-state index contributed by atoms with van der Waals surface area (Å²) in [4.78, 5) is 17.1. The van der Waals surface area contributed by atoms with E-state index in [9.17, 15) is 4.79 Å². The van der Waals surface area contributed by atoms with Crippen molar-refractivity contribution in [3.63, 3.8) is 0 Å². The lowest BCUT2D eigenvalue weighted by atomic mass is 10.2. The molecule has 3 aromatic rings. The molecule has 0 bridgehead atoms. The van der Waals surface area contributed by atoms with E-state index in [0.29, 0.717) is 34.8 Å². The Hall–Kier alpha value is -3.37. The molecular formula is C24H29N5O4S. The molecule has 9 nitrogen and oxygen atoms in total. The highest BCUT2D eigenvalue weighted by atomic mass is 32.1. The summed E-state index contributed by atoms with van der Waals surface area (Å²) in [5, 5.41) is 12.4. The van der Waals surface area contributed by atoms with Crippen LogP contribution in [0.25, 0.3) is 10.6 Å². The van der Waals surface area contributed by atoms with Crippen LogP contribution < -0.4 is 24.4 Å². The summed E-state index contributed by atoms with van der Waals surface area (Å²) in [7, 11) is 3.18. The van der Waals surface area contributed by atoms with E-state index in [1.165, 1.54) is 11.3 Å². The molecule has 1 fully saturated rings. The number of amides is 1. The van der Waals surface area contributed by atoms with Gasteiger partial charge in [-0.15, -0.1) is 10.2 Å². The van der Waals surface area contributed by atoms with Crippen LogP contribution in [0.3, 0.4) is 0 Å². The fourth-order valence-corrected chi connectivity index (χ4v) is 4.62. The van der Waals surface area contributed by atoms with Gasteiger partial charge in [-0.1, -0.05) is 23.5 Å². The molecule has 1 saturated heterocycles. The summed E-state index contributed by atoms with van der Waals surface area (Å²) in [6.07, 6.45) is 0. The van der Waals surface area contributed by atoms with Crippen molar-refractivity contribution < 1.29 is 19.0 Å². The highest BCUT2D eigenvalue weighted by molar-refractivity contribution is 7.18. The van der Waals surface area contributed by atoms with Crippen molar-refractivity contribution in [1.29, 1.82) is 0 Å². The Morgan fingerprint density at radius 2 is 1.76 bits per heavy atom. The molecule has 1 aliphatic rings. The van der Waals surface area contributed by atoms with E-state index in [1.807, 2.05) is 43.3 Å². The van der Waals surface area contributed by atoms with Gasteiger partial charge in [-0.05, 0) is 37.3 Å². The number of aromatic nitrogens is 2. The number of carbonyl (C=O) groups excluding carboxylic acids is 1. The number of rotatable bonds is 9. The molecule has 0 saturated carbocycles. The summed E-state index contributed by atoms with van der Waals surface area (Å²) in [5.74, 6) is 2.06. The molecule has 1 amide bonds. The molecule has 1 N–H and O–H groups in total. The second-order valence-electron chi connectivity index (χ2n) is 7.69. The van der Waals surface area contributed by atoms with Crippen molar-refractivity contribution in [2.24, 2.45) is 0 Å². The first-order valence-corrected chi connectivity index (χ1v) is 12.0. The van der Waals surface area contributed by atoms with Crippen LogP contribution in [-0.4, -0.2) is 74.6 Å². The molecule has 10 heteroatoms. The van der Waals surface area contributed by atoms with Crippen LogP contribution in [0.4, 0.5) is 10.8 Å². The van der Waals surface area contributed by atoms with Gasteiger partial charge in [0.15, 0.2) is 11.5 Å². The van der Waals surface area contributed by atoms with E-state index >= 15 is 0 Å². The molecule has 1 aromatic heterocycles. The fraction of sp³-hybridized carbons (Fsp3) is 0.375. The lowest BCUT2D eigenvalue weighted by molar-refractivity contribution is -0.117. The summed E-state index contributed by atoms with van der Waals surface area (Å²) in [6, 6.07) is 13.6. The maximum absolute atomic E-state index is 12.6. The number of nitrogens with zero attached hydrogens (tertiary/aromatic N) is 4. The molecule has 34 heavy (non-hydrogen) atoms. The van der Waals surface area contributed by atoms with Crippen LogP contribution in [-0.2, 0) is 4.79 Å². The van der Waals surface area contributed by atoms with Crippen LogP contribution in [0.1, 0.15) is 6.92 Å². The Kier molecular flexibility index (Phi) is 7.81. The zero-order valence-electron chi connectivity index (χ0n) is 19.6. The number of hydrogen-bond acceptors (Lipinski definition) is 9. The predicted octanol–water partition coefficient (Wildman–Crippen LogP) is 3.38. The van der Waals surface area contributed by atoms with Crippen molar-refractivity contribution in [2.75, 3.05) is 63.8 Å². The number of para-hydroxylation sites is 2. The number of benzene rings is 2. The molecule has 1 aliphatic heterocycles. The third kappa shape index (κ3) is 5.57. The molecule has 180 valence electrons. The van der Waals surface area contributed by atoms with Crippen LogP contribution >= 0.6 is 11.3 Å². The number of hydrogen-bond donors (Lipinski definition) is 1. The quantitative estimate of drug-likeness (QED) is 0.496. The van der Waals surface area contributed by atoms with E-state index < -0.39 is 0 Å². The third-order valence-corrected chi connectivity index (χ3v) is 6.43. The molecule has 0 radical (unpaired) electrons. The minimum absolute atomic E-state index is 0.0989. The van der Waals surface area contributed by atoms with Crippen molar-refractivity contribution in [3.8, 4) is 27.8 Å². The summed E-state index contributed by atoms with van der Waals surface area (Å²) >= 11 is 1.32.